The molecular formula is C13H21NO2. The summed E-state index contributed by atoms with van der Waals surface area (Å²) >= 11 is 0. The summed E-state index contributed by atoms with van der Waals surface area (Å²) in [6.45, 7) is 3.56. The van der Waals surface area contributed by atoms with Crippen molar-refractivity contribution in [3.05, 3.63) is 29.8 Å². The molecule has 0 bridgehead atoms. The molecule has 1 atom stereocenters. The number of methoxy groups -OCH3 is 1. The Morgan fingerprint density at radius 2 is 1.94 bits per heavy atom. The third kappa shape index (κ3) is 3.51. The number of aliphatic hydroxyl groups excluding tert-OH is 1. The molecule has 1 rings (SSSR count). The summed E-state index contributed by atoms with van der Waals surface area (Å²) in [6.07, 6.45) is 0.400. The third-order valence-corrected chi connectivity index (χ3v) is 2.74. The van der Waals surface area contributed by atoms with Gasteiger partial charge in [-0.2, -0.15) is 0 Å². The van der Waals surface area contributed by atoms with Crippen LogP contribution in [0.25, 0.3) is 0 Å². The van der Waals surface area contributed by atoms with Gasteiger partial charge in [0.2, 0.25) is 0 Å². The fourth-order valence-corrected chi connectivity index (χ4v) is 1.54. The van der Waals surface area contributed by atoms with E-state index >= 15 is 0 Å². The molecule has 0 radical (unpaired) electrons. The quantitative estimate of drug-likeness (QED) is 0.802. The van der Waals surface area contributed by atoms with E-state index in [-0.39, 0.29) is 6.10 Å². The molecule has 90 valence electrons. The van der Waals surface area contributed by atoms with Crippen LogP contribution in [0.2, 0.25) is 0 Å². The summed E-state index contributed by atoms with van der Waals surface area (Å²) < 4.78 is 5.03. The van der Waals surface area contributed by atoms with Gasteiger partial charge < -0.3 is 14.7 Å². The molecule has 0 amide bonds. The molecule has 0 unspecified atom stereocenters. The first-order chi connectivity index (χ1) is 7.69. The average molecular weight is 223 g/mol. The Kier molecular flexibility index (Phi) is 5.29. The van der Waals surface area contributed by atoms with E-state index < -0.39 is 0 Å². The van der Waals surface area contributed by atoms with E-state index in [2.05, 4.69) is 4.90 Å². The van der Waals surface area contributed by atoms with Crippen molar-refractivity contribution in [3.8, 4) is 0 Å². The van der Waals surface area contributed by atoms with Gasteiger partial charge in [-0.15, -0.1) is 0 Å². The summed E-state index contributed by atoms with van der Waals surface area (Å²) in [4.78, 5) is 2.13. The highest BCUT2D eigenvalue weighted by Gasteiger charge is 2.05. The molecule has 3 heteroatoms. The molecule has 0 aliphatic carbocycles. The van der Waals surface area contributed by atoms with Crippen LogP contribution in [0.1, 0.15) is 25.0 Å². The van der Waals surface area contributed by atoms with Crippen molar-refractivity contribution in [1.82, 2.24) is 0 Å². The molecule has 1 N–H and O–H groups in total. The number of likely N-dealkylation sites (N-methyl/N-ethyl adjacent to an activating group) is 1. The van der Waals surface area contributed by atoms with Gasteiger partial charge in [-0.25, -0.2) is 0 Å². The fraction of sp³-hybridized carbons (Fsp3) is 0.538. The SMILES string of the molecule is CC[C@H](O)c1ccc(N(C)CCOC)cc1. The Labute approximate surface area is 97.7 Å². The van der Waals surface area contributed by atoms with Gasteiger partial charge in [-0.05, 0) is 24.1 Å². The zero-order valence-electron chi connectivity index (χ0n) is 10.3. The van der Waals surface area contributed by atoms with Gasteiger partial charge in [0, 0.05) is 26.4 Å². The third-order valence-electron chi connectivity index (χ3n) is 2.74. The van der Waals surface area contributed by atoms with Crippen LogP contribution in [0.4, 0.5) is 5.69 Å². The van der Waals surface area contributed by atoms with E-state index in [1.54, 1.807) is 7.11 Å². The average Bonchev–Trinajstić information content (AvgIpc) is 2.35. The molecule has 1 aromatic carbocycles. The Morgan fingerprint density at radius 1 is 1.31 bits per heavy atom. The second-order valence-corrected chi connectivity index (χ2v) is 3.93. The lowest BCUT2D eigenvalue weighted by Crippen LogP contribution is -2.21. The molecule has 0 saturated carbocycles. The van der Waals surface area contributed by atoms with Crippen LogP contribution in [0.5, 0.6) is 0 Å². The van der Waals surface area contributed by atoms with Crippen molar-refractivity contribution in [1.29, 1.82) is 0 Å². The van der Waals surface area contributed by atoms with Gasteiger partial charge in [-0.1, -0.05) is 19.1 Å². The molecule has 0 aliphatic rings. The van der Waals surface area contributed by atoms with E-state index in [0.717, 1.165) is 30.8 Å². The summed E-state index contributed by atoms with van der Waals surface area (Å²) in [5.41, 5.74) is 2.12. The number of hydrogen-bond donors (Lipinski definition) is 1. The topological polar surface area (TPSA) is 32.7 Å². The van der Waals surface area contributed by atoms with Crippen molar-refractivity contribution < 1.29 is 9.84 Å². The molecule has 0 fully saturated rings. The molecular weight excluding hydrogens is 202 g/mol. The lowest BCUT2D eigenvalue weighted by Gasteiger charge is -2.19. The Morgan fingerprint density at radius 3 is 2.44 bits per heavy atom. The minimum absolute atomic E-state index is 0.349. The molecule has 0 aliphatic heterocycles. The number of ether oxygens (including phenoxy) is 1. The molecule has 16 heavy (non-hydrogen) atoms. The Hall–Kier alpha value is -1.06. The maximum absolute atomic E-state index is 9.67. The standard InChI is InChI=1S/C13H21NO2/c1-4-13(15)11-5-7-12(8-6-11)14(2)9-10-16-3/h5-8,13,15H,4,9-10H2,1-3H3/t13-/m0/s1. The van der Waals surface area contributed by atoms with Gasteiger partial charge in [0.25, 0.3) is 0 Å². The summed E-state index contributed by atoms with van der Waals surface area (Å²) in [5, 5.41) is 9.67. The predicted molar refractivity (Wildman–Crippen MR) is 66.8 cm³/mol. The van der Waals surface area contributed by atoms with Crippen LogP contribution in [-0.4, -0.2) is 32.4 Å². The number of aliphatic hydroxyl groups is 1. The van der Waals surface area contributed by atoms with Gasteiger partial charge in [0.1, 0.15) is 0 Å². The lowest BCUT2D eigenvalue weighted by molar-refractivity contribution is 0.173. The summed E-state index contributed by atoms with van der Waals surface area (Å²) in [5.74, 6) is 0. The van der Waals surface area contributed by atoms with Crippen LogP contribution < -0.4 is 4.90 Å². The molecule has 0 saturated heterocycles. The number of benzene rings is 1. The normalized spacial score (nSPS) is 12.5. The maximum Gasteiger partial charge on any atom is 0.0787 e. The first-order valence-electron chi connectivity index (χ1n) is 5.67. The van der Waals surface area contributed by atoms with Gasteiger partial charge >= 0.3 is 0 Å². The smallest absolute Gasteiger partial charge is 0.0787 e. The summed E-state index contributed by atoms with van der Waals surface area (Å²) in [7, 11) is 3.73. The highest BCUT2D eigenvalue weighted by molar-refractivity contribution is 5.47. The van der Waals surface area contributed by atoms with Gasteiger partial charge in [0.15, 0.2) is 0 Å². The Balaban J connectivity index is 2.63. The van der Waals surface area contributed by atoms with Gasteiger partial charge in [-0.3, -0.25) is 0 Å². The van der Waals surface area contributed by atoms with E-state index in [9.17, 15) is 5.11 Å². The maximum atomic E-state index is 9.67. The largest absolute Gasteiger partial charge is 0.388 e. The molecule has 0 spiro atoms. The number of hydrogen-bond acceptors (Lipinski definition) is 3. The molecule has 3 nitrogen and oxygen atoms in total. The monoisotopic (exact) mass is 223 g/mol. The van der Waals surface area contributed by atoms with Gasteiger partial charge in [0.05, 0.1) is 12.7 Å². The highest BCUT2D eigenvalue weighted by Crippen LogP contribution is 2.20. The zero-order valence-corrected chi connectivity index (χ0v) is 10.3. The van der Waals surface area contributed by atoms with E-state index in [4.69, 9.17) is 4.74 Å². The molecule has 0 aromatic heterocycles. The van der Waals surface area contributed by atoms with E-state index in [1.807, 2.05) is 38.2 Å². The zero-order chi connectivity index (χ0) is 12.0. The number of rotatable bonds is 6. The fourth-order valence-electron chi connectivity index (χ4n) is 1.54. The van der Waals surface area contributed by atoms with Crippen LogP contribution in [0, 0.1) is 0 Å². The van der Waals surface area contributed by atoms with Crippen LogP contribution in [-0.2, 0) is 4.74 Å². The second kappa shape index (κ2) is 6.51. The predicted octanol–water partition coefficient (Wildman–Crippen LogP) is 2.21. The van der Waals surface area contributed by atoms with Crippen LogP contribution >= 0.6 is 0 Å². The number of nitrogens with zero attached hydrogens (tertiary/aromatic N) is 1. The van der Waals surface area contributed by atoms with Crippen molar-refractivity contribution in [2.24, 2.45) is 0 Å². The van der Waals surface area contributed by atoms with E-state index in [1.165, 1.54) is 0 Å². The molecule has 1 aromatic rings. The summed E-state index contributed by atoms with van der Waals surface area (Å²) in [6, 6.07) is 8.02. The highest BCUT2D eigenvalue weighted by atomic mass is 16.5. The first kappa shape index (κ1) is 13.0. The minimum atomic E-state index is -0.349. The van der Waals surface area contributed by atoms with Crippen molar-refractivity contribution >= 4 is 5.69 Å². The van der Waals surface area contributed by atoms with Crippen LogP contribution in [0.15, 0.2) is 24.3 Å². The van der Waals surface area contributed by atoms with Crippen molar-refractivity contribution in [2.45, 2.75) is 19.4 Å². The van der Waals surface area contributed by atoms with Crippen molar-refractivity contribution in [3.63, 3.8) is 0 Å². The number of anilines is 1. The lowest BCUT2D eigenvalue weighted by atomic mass is 10.1. The van der Waals surface area contributed by atoms with Crippen molar-refractivity contribution in [2.75, 3.05) is 32.2 Å². The van der Waals surface area contributed by atoms with E-state index in [0.29, 0.717) is 0 Å². The first-order valence-corrected chi connectivity index (χ1v) is 5.67. The Bertz CT molecular complexity index is 297. The minimum Gasteiger partial charge on any atom is -0.388 e. The van der Waals surface area contributed by atoms with Crippen LogP contribution in [0.3, 0.4) is 0 Å². The molecule has 0 heterocycles. The second-order valence-electron chi connectivity index (χ2n) is 3.93.